The van der Waals surface area contributed by atoms with Gasteiger partial charge in [0.05, 0.1) is 26.4 Å². The van der Waals surface area contributed by atoms with Gasteiger partial charge in [0, 0.05) is 6.54 Å². The van der Waals surface area contributed by atoms with Gasteiger partial charge in [0.25, 0.3) is 0 Å². The van der Waals surface area contributed by atoms with E-state index in [1.54, 1.807) is 7.11 Å². The largest absolute Gasteiger partial charge is 0.497 e. The van der Waals surface area contributed by atoms with E-state index >= 15 is 0 Å². The van der Waals surface area contributed by atoms with E-state index in [2.05, 4.69) is 19.2 Å². The lowest BCUT2D eigenvalue weighted by Gasteiger charge is -2.13. The maximum Gasteiger partial charge on any atom is 0.118 e. The van der Waals surface area contributed by atoms with Crippen LogP contribution in [-0.2, 0) is 11.3 Å². The van der Waals surface area contributed by atoms with Crippen molar-refractivity contribution in [3.63, 3.8) is 0 Å². The molecule has 1 aromatic carbocycles. The van der Waals surface area contributed by atoms with E-state index in [0.29, 0.717) is 25.7 Å². The molecule has 0 heterocycles. The molecule has 2 N–H and O–H groups in total. The lowest BCUT2D eigenvalue weighted by molar-refractivity contribution is 0.0286. The second-order valence-corrected chi connectivity index (χ2v) is 5.07. The third-order valence-corrected chi connectivity index (χ3v) is 2.67. The van der Waals surface area contributed by atoms with E-state index in [4.69, 9.17) is 9.47 Å². The molecule has 0 unspecified atom stereocenters. The van der Waals surface area contributed by atoms with Gasteiger partial charge in [0.15, 0.2) is 0 Å². The Hall–Kier alpha value is -1.10. The van der Waals surface area contributed by atoms with Gasteiger partial charge in [0.2, 0.25) is 0 Å². The molecule has 0 aliphatic carbocycles. The molecular weight excluding hydrogens is 242 g/mol. The van der Waals surface area contributed by atoms with Crippen LogP contribution in [0.1, 0.15) is 19.4 Å². The van der Waals surface area contributed by atoms with Crippen molar-refractivity contribution >= 4 is 0 Å². The Balaban J connectivity index is 2.14. The van der Waals surface area contributed by atoms with Gasteiger partial charge in [-0.3, -0.25) is 0 Å². The van der Waals surface area contributed by atoms with Crippen molar-refractivity contribution in [1.29, 1.82) is 0 Å². The van der Waals surface area contributed by atoms with Crippen LogP contribution in [0.5, 0.6) is 5.75 Å². The number of hydrogen-bond donors (Lipinski definition) is 2. The molecule has 1 rings (SSSR count). The number of ether oxygens (including phenoxy) is 2. The highest BCUT2D eigenvalue weighted by Gasteiger charge is 2.04. The third kappa shape index (κ3) is 7.15. The van der Waals surface area contributed by atoms with Crippen molar-refractivity contribution in [2.75, 3.05) is 26.8 Å². The predicted octanol–water partition coefficient (Wildman–Crippen LogP) is 1.82. The first kappa shape index (κ1) is 16.0. The summed E-state index contributed by atoms with van der Waals surface area (Å²) in [4.78, 5) is 0. The second kappa shape index (κ2) is 8.91. The third-order valence-electron chi connectivity index (χ3n) is 2.67. The molecule has 108 valence electrons. The summed E-state index contributed by atoms with van der Waals surface area (Å²) in [5, 5.41) is 12.9. The minimum atomic E-state index is -0.461. The van der Waals surface area contributed by atoms with Gasteiger partial charge in [-0.2, -0.15) is 0 Å². The molecule has 0 saturated carbocycles. The average molecular weight is 267 g/mol. The van der Waals surface area contributed by atoms with E-state index < -0.39 is 6.10 Å². The number of aliphatic hydroxyl groups is 1. The van der Waals surface area contributed by atoms with E-state index in [-0.39, 0.29) is 0 Å². The minimum absolute atomic E-state index is 0.344. The average Bonchev–Trinajstić information content (AvgIpc) is 2.39. The molecule has 0 bridgehead atoms. The minimum Gasteiger partial charge on any atom is -0.497 e. The first-order valence-corrected chi connectivity index (χ1v) is 6.71. The van der Waals surface area contributed by atoms with Gasteiger partial charge >= 0.3 is 0 Å². The quantitative estimate of drug-likeness (QED) is 0.716. The topological polar surface area (TPSA) is 50.7 Å². The fourth-order valence-corrected chi connectivity index (χ4v) is 1.63. The van der Waals surface area contributed by atoms with Crippen molar-refractivity contribution in [3.8, 4) is 5.75 Å². The highest BCUT2D eigenvalue weighted by atomic mass is 16.5. The maximum atomic E-state index is 9.71. The zero-order valence-electron chi connectivity index (χ0n) is 12.1. The number of benzene rings is 1. The fraction of sp³-hybridized carbons (Fsp3) is 0.600. The number of nitrogens with one attached hydrogen (secondary N) is 1. The molecule has 0 aromatic heterocycles. The Morgan fingerprint density at radius 3 is 2.42 bits per heavy atom. The van der Waals surface area contributed by atoms with E-state index in [0.717, 1.165) is 17.9 Å². The highest BCUT2D eigenvalue weighted by molar-refractivity contribution is 5.26. The Labute approximate surface area is 115 Å². The van der Waals surface area contributed by atoms with Gasteiger partial charge < -0.3 is 19.9 Å². The molecule has 19 heavy (non-hydrogen) atoms. The Morgan fingerprint density at radius 2 is 1.84 bits per heavy atom. The van der Waals surface area contributed by atoms with Crippen molar-refractivity contribution in [2.45, 2.75) is 26.6 Å². The van der Waals surface area contributed by atoms with Crippen molar-refractivity contribution < 1.29 is 14.6 Å². The molecule has 0 fully saturated rings. The molecule has 0 aliphatic heterocycles. The Bertz CT molecular complexity index is 338. The van der Waals surface area contributed by atoms with Crippen LogP contribution in [0.15, 0.2) is 24.3 Å². The van der Waals surface area contributed by atoms with Crippen LogP contribution < -0.4 is 10.1 Å². The summed E-state index contributed by atoms with van der Waals surface area (Å²) in [6.45, 7) is 6.61. The summed E-state index contributed by atoms with van der Waals surface area (Å²) in [6, 6.07) is 7.73. The zero-order valence-corrected chi connectivity index (χ0v) is 12.1. The lowest BCUT2D eigenvalue weighted by Crippen LogP contribution is -2.32. The van der Waals surface area contributed by atoms with Gasteiger partial charge in [-0.1, -0.05) is 26.0 Å². The van der Waals surface area contributed by atoms with Gasteiger partial charge in [0.1, 0.15) is 5.75 Å². The molecule has 0 radical (unpaired) electrons. The maximum absolute atomic E-state index is 9.71. The van der Waals surface area contributed by atoms with E-state index in [1.165, 1.54) is 0 Å². The fourth-order valence-electron chi connectivity index (χ4n) is 1.63. The monoisotopic (exact) mass is 267 g/mol. The van der Waals surface area contributed by atoms with Gasteiger partial charge in [-0.15, -0.1) is 0 Å². The van der Waals surface area contributed by atoms with E-state index in [1.807, 2.05) is 24.3 Å². The first-order chi connectivity index (χ1) is 9.11. The van der Waals surface area contributed by atoms with Crippen LogP contribution in [0.4, 0.5) is 0 Å². The molecule has 1 atom stereocenters. The zero-order chi connectivity index (χ0) is 14.1. The summed E-state index contributed by atoms with van der Waals surface area (Å²) in [7, 11) is 1.64. The highest BCUT2D eigenvalue weighted by Crippen LogP contribution is 2.11. The number of aliphatic hydroxyl groups excluding tert-OH is 1. The molecule has 4 heteroatoms. The Morgan fingerprint density at radius 1 is 1.16 bits per heavy atom. The van der Waals surface area contributed by atoms with Crippen LogP contribution >= 0.6 is 0 Å². The summed E-state index contributed by atoms with van der Waals surface area (Å²) >= 11 is 0. The molecule has 4 nitrogen and oxygen atoms in total. The summed E-state index contributed by atoms with van der Waals surface area (Å²) in [5.41, 5.74) is 1.07. The Kier molecular flexibility index (Phi) is 7.48. The summed E-state index contributed by atoms with van der Waals surface area (Å²) < 4.78 is 10.6. The smallest absolute Gasteiger partial charge is 0.118 e. The van der Waals surface area contributed by atoms with Crippen LogP contribution in [0.2, 0.25) is 0 Å². The molecular formula is C15H25NO3. The van der Waals surface area contributed by atoms with Crippen molar-refractivity contribution in [2.24, 2.45) is 5.92 Å². The first-order valence-electron chi connectivity index (χ1n) is 6.71. The van der Waals surface area contributed by atoms with E-state index in [9.17, 15) is 5.11 Å². The number of rotatable bonds is 9. The summed E-state index contributed by atoms with van der Waals surface area (Å²) in [5.74, 6) is 1.43. The standard InChI is InChI=1S/C15H25NO3/c1-12(2)8-16-9-14(17)11-19-10-13-4-6-15(18-3)7-5-13/h4-7,12,14,16-17H,8-11H2,1-3H3/t14-/m1/s1. The molecule has 0 aliphatic rings. The van der Waals surface area contributed by atoms with Crippen LogP contribution in [0, 0.1) is 5.92 Å². The number of methoxy groups -OCH3 is 1. The summed E-state index contributed by atoms with van der Waals surface area (Å²) in [6.07, 6.45) is -0.461. The predicted molar refractivity (Wildman–Crippen MR) is 76.4 cm³/mol. The second-order valence-electron chi connectivity index (χ2n) is 5.07. The normalized spacial score (nSPS) is 12.7. The molecule has 1 aromatic rings. The van der Waals surface area contributed by atoms with Crippen LogP contribution in [0.3, 0.4) is 0 Å². The van der Waals surface area contributed by atoms with Gasteiger partial charge in [-0.05, 0) is 30.2 Å². The van der Waals surface area contributed by atoms with Crippen LogP contribution in [0.25, 0.3) is 0 Å². The lowest BCUT2D eigenvalue weighted by atomic mass is 10.2. The SMILES string of the molecule is COc1ccc(COC[C@H](O)CNCC(C)C)cc1. The number of hydrogen-bond acceptors (Lipinski definition) is 4. The van der Waals surface area contributed by atoms with Crippen molar-refractivity contribution in [1.82, 2.24) is 5.32 Å². The molecule has 0 spiro atoms. The van der Waals surface area contributed by atoms with Crippen LogP contribution in [-0.4, -0.2) is 38.0 Å². The van der Waals surface area contributed by atoms with Crippen molar-refractivity contribution in [3.05, 3.63) is 29.8 Å². The molecule has 0 saturated heterocycles. The van der Waals surface area contributed by atoms with Gasteiger partial charge in [-0.25, -0.2) is 0 Å². The molecule has 0 amide bonds.